The van der Waals surface area contributed by atoms with Gasteiger partial charge >= 0.3 is 0 Å². The van der Waals surface area contributed by atoms with Crippen molar-refractivity contribution in [3.8, 4) is 0 Å². The number of nitrogens with zero attached hydrogens (tertiary/aromatic N) is 1. The summed E-state index contributed by atoms with van der Waals surface area (Å²) in [6.45, 7) is 9.89. The van der Waals surface area contributed by atoms with Gasteiger partial charge in [0, 0.05) is 6.04 Å². The van der Waals surface area contributed by atoms with Gasteiger partial charge in [0.25, 0.3) is 0 Å². The monoisotopic (exact) mass is 266 g/mol. The van der Waals surface area contributed by atoms with Crippen LogP contribution in [0, 0.1) is 11.3 Å². The fourth-order valence-corrected chi connectivity index (χ4v) is 2.93. The average molecular weight is 266 g/mol. The van der Waals surface area contributed by atoms with Crippen LogP contribution in [0.4, 0.5) is 0 Å². The molecule has 1 aliphatic carbocycles. The first-order valence-corrected chi connectivity index (χ1v) is 7.34. The van der Waals surface area contributed by atoms with Crippen molar-refractivity contribution in [3.05, 3.63) is 0 Å². The summed E-state index contributed by atoms with van der Waals surface area (Å²) in [6.07, 6.45) is 3.57. The van der Waals surface area contributed by atoms with Gasteiger partial charge in [0.1, 0.15) is 12.1 Å². The van der Waals surface area contributed by atoms with E-state index >= 15 is 0 Å². The summed E-state index contributed by atoms with van der Waals surface area (Å²) in [5.41, 5.74) is -0.246. The molecule has 1 N–H and O–H groups in total. The van der Waals surface area contributed by atoms with E-state index < -0.39 is 6.04 Å². The minimum absolute atomic E-state index is 0.0258. The first-order valence-electron chi connectivity index (χ1n) is 7.34. The maximum Gasteiger partial charge on any atom is 0.246 e. The largest absolute Gasteiger partial charge is 0.342 e. The average Bonchev–Trinajstić information content (AvgIpc) is 3.05. The molecule has 1 saturated carbocycles. The summed E-state index contributed by atoms with van der Waals surface area (Å²) in [7, 11) is 0. The quantitative estimate of drug-likeness (QED) is 0.848. The normalized spacial score (nSPS) is 30.3. The van der Waals surface area contributed by atoms with Crippen LogP contribution < -0.4 is 5.32 Å². The highest BCUT2D eigenvalue weighted by atomic mass is 16.2. The number of carbonyl (C=O) groups is 2. The molecular formula is C15H26N2O2. The lowest BCUT2D eigenvalue weighted by Gasteiger charge is -2.45. The van der Waals surface area contributed by atoms with Gasteiger partial charge < -0.3 is 10.2 Å². The van der Waals surface area contributed by atoms with Crippen LogP contribution in [-0.2, 0) is 9.59 Å². The topological polar surface area (TPSA) is 49.4 Å². The fraction of sp³-hybridized carbons (Fsp3) is 0.867. The molecule has 2 aliphatic rings. The van der Waals surface area contributed by atoms with Crippen molar-refractivity contribution in [2.45, 2.75) is 72.0 Å². The number of piperazine rings is 1. The van der Waals surface area contributed by atoms with Crippen LogP contribution in [0.3, 0.4) is 0 Å². The lowest BCUT2D eigenvalue weighted by atomic mass is 9.83. The van der Waals surface area contributed by atoms with Gasteiger partial charge in [-0.1, -0.05) is 33.6 Å². The minimum Gasteiger partial charge on any atom is -0.342 e. The summed E-state index contributed by atoms with van der Waals surface area (Å²) in [6, 6.07) is -0.594. The van der Waals surface area contributed by atoms with Crippen LogP contribution in [0.15, 0.2) is 0 Å². The Hall–Kier alpha value is -1.06. The van der Waals surface area contributed by atoms with E-state index in [1.54, 1.807) is 0 Å². The second-order valence-corrected chi connectivity index (χ2v) is 7.26. The van der Waals surface area contributed by atoms with Gasteiger partial charge in [0.05, 0.1) is 0 Å². The van der Waals surface area contributed by atoms with Gasteiger partial charge in [0.15, 0.2) is 0 Å². The Bertz CT molecular complexity index is 382. The lowest BCUT2D eigenvalue weighted by molar-refractivity contribution is -0.154. The van der Waals surface area contributed by atoms with E-state index in [1.807, 2.05) is 32.6 Å². The first kappa shape index (κ1) is 14.4. The summed E-state index contributed by atoms with van der Waals surface area (Å²) < 4.78 is 0. The smallest absolute Gasteiger partial charge is 0.246 e. The zero-order valence-corrected chi connectivity index (χ0v) is 12.7. The van der Waals surface area contributed by atoms with Crippen LogP contribution in [0.25, 0.3) is 0 Å². The van der Waals surface area contributed by atoms with Gasteiger partial charge in [0.2, 0.25) is 11.8 Å². The fourth-order valence-electron chi connectivity index (χ4n) is 2.93. The maximum absolute atomic E-state index is 12.7. The van der Waals surface area contributed by atoms with Gasteiger partial charge in [-0.25, -0.2) is 0 Å². The molecule has 108 valence electrons. The molecule has 1 aliphatic heterocycles. The van der Waals surface area contributed by atoms with Crippen molar-refractivity contribution in [3.63, 3.8) is 0 Å². The lowest BCUT2D eigenvalue weighted by Crippen LogP contribution is -2.67. The van der Waals surface area contributed by atoms with Gasteiger partial charge in [-0.3, -0.25) is 9.59 Å². The number of amides is 2. The second-order valence-electron chi connectivity index (χ2n) is 7.26. The maximum atomic E-state index is 12.7. The van der Waals surface area contributed by atoms with Crippen molar-refractivity contribution in [2.24, 2.45) is 11.3 Å². The molecule has 0 radical (unpaired) electrons. The highest BCUT2D eigenvalue weighted by Crippen LogP contribution is 2.36. The molecule has 2 fully saturated rings. The van der Waals surface area contributed by atoms with Crippen LogP contribution >= 0.6 is 0 Å². The molecule has 0 aromatic heterocycles. The molecule has 1 heterocycles. The molecule has 0 aromatic carbocycles. The van der Waals surface area contributed by atoms with Crippen molar-refractivity contribution in [2.75, 3.05) is 0 Å². The number of hydrogen-bond donors (Lipinski definition) is 1. The highest BCUT2D eigenvalue weighted by molar-refractivity contribution is 5.97. The summed E-state index contributed by atoms with van der Waals surface area (Å²) in [4.78, 5) is 26.6. The zero-order valence-electron chi connectivity index (χ0n) is 12.7. The Morgan fingerprint density at radius 2 is 1.89 bits per heavy atom. The molecule has 0 aromatic rings. The summed E-state index contributed by atoms with van der Waals surface area (Å²) in [5, 5.41) is 2.88. The predicted molar refractivity (Wildman–Crippen MR) is 74.5 cm³/mol. The van der Waals surface area contributed by atoms with Gasteiger partial charge in [-0.2, -0.15) is 0 Å². The van der Waals surface area contributed by atoms with E-state index in [4.69, 9.17) is 0 Å². The molecule has 3 unspecified atom stereocenters. The third kappa shape index (κ3) is 2.93. The first-order chi connectivity index (χ1) is 8.71. The van der Waals surface area contributed by atoms with E-state index in [9.17, 15) is 9.59 Å². The molecule has 0 bridgehead atoms. The standard InChI is InChI=1S/C15H26N2O2/c1-9(8-11-6-7-11)17-10(2)13(18)16-12(14(17)19)15(3,4)5/h9-12H,6-8H2,1-5H3,(H,16,18). The van der Waals surface area contributed by atoms with Crippen LogP contribution in [0.2, 0.25) is 0 Å². The Morgan fingerprint density at radius 1 is 1.32 bits per heavy atom. The van der Waals surface area contributed by atoms with Crippen LogP contribution in [-0.4, -0.2) is 34.8 Å². The molecule has 3 atom stereocenters. The Balaban J connectivity index is 2.17. The van der Waals surface area contributed by atoms with E-state index in [1.165, 1.54) is 12.8 Å². The Labute approximate surface area is 115 Å². The molecule has 1 saturated heterocycles. The molecule has 19 heavy (non-hydrogen) atoms. The van der Waals surface area contributed by atoms with E-state index in [0.29, 0.717) is 0 Å². The Morgan fingerprint density at radius 3 is 2.37 bits per heavy atom. The van der Waals surface area contributed by atoms with Crippen molar-refractivity contribution >= 4 is 11.8 Å². The van der Waals surface area contributed by atoms with Crippen LogP contribution in [0.1, 0.15) is 53.9 Å². The van der Waals surface area contributed by atoms with Crippen molar-refractivity contribution in [1.82, 2.24) is 10.2 Å². The van der Waals surface area contributed by atoms with Crippen molar-refractivity contribution in [1.29, 1.82) is 0 Å². The minimum atomic E-state index is -0.405. The Kier molecular flexibility index (Phi) is 3.63. The molecule has 4 heteroatoms. The second kappa shape index (κ2) is 4.80. The van der Waals surface area contributed by atoms with Gasteiger partial charge in [-0.15, -0.1) is 0 Å². The zero-order chi connectivity index (χ0) is 14.4. The molecule has 2 rings (SSSR count). The van der Waals surface area contributed by atoms with E-state index in [2.05, 4.69) is 12.2 Å². The molecule has 2 amide bonds. The highest BCUT2D eigenvalue weighted by Gasteiger charge is 2.45. The van der Waals surface area contributed by atoms with Gasteiger partial charge in [-0.05, 0) is 31.6 Å². The van der Waals surface area contributed by atoms with E-state index in [-0.39, 0.29) is 29.3 Å². The number of carbonyl (C=O) groups excluding carboxylic acids is 2. The summed E-state index contributed by atoms with van der Waals surface area (Å²) >= 11 is 0. The third-order valence-electron chi connectivity index (χ3n) is 4.30. The van der Waals surface area contributed by atoms with E-state index in [0.717, 1.165) is 12.3 Å². The third-order valence-corrected chi connectivity index (χ3v) is 4.30. The van der Waals surface area contributed by atoms with Crippen molar-refractivity contribution < 1.29 is 9.59 Å². The van der Waals surface area contributed by atoms with Crippen LogP contribution in [0.5, 0.6) is 0 Å². The molecule has 4 nitrogen and oxygen atoms in total. The molecular weight excluding hydrogens is 240 g/mol. The molecule has 0 spiro atoms. The number of nitrogens with one attached hydrogen (secondary N) is 1. The number of hydrogen-bond acceptors (Lipinski definition) is 2. The summed E-state index contributed by atoms with van der Waals surface area (Å²) in [5.74, 6) is 0.808. The SMILES string of the molecule is CC(CC1CC1)N1C(=O)C(C(C)(C)C)NC(=O)C1C. The number of rotatable bonds is 3. The predicted octanol–water partition coefficient (Wildman–Crippen LogP) is 1.94.